The fourth-order valence-corrected chi connectivity index (χ4v) is 4.63. The van der Waals surface area contributed by atoms with E-state index in [4.69, 9.17) is 23.2 Å². The van der Waals surface area contributed by atoms with Gasteiger partial charge in [-0.05, 0) is 60.3 Å². The Bertz CT molecular complexity index is 1320. The van der Waals surface area contributed by atoms with Crippen LogP contribution in [0.3, 0.4) is 0 Å². The maximum Gasteiger partial charge on any atom is 0.326 e. The van der Waals surface area contributed by atoms with Crippen LogP contribution in [0.4, 0.5) is 16.2 Å². The van der Waals surface area contributed by atoms with E-state index in [-0.39, 0.29) is 26.8 Å². The molecule has 0 saturated carbocycles. The van der Waals surface area contributed by atoms with Gasteiger partial charge in [-0.1, -0.05) is 47.5 Å². The molecule has 0 bridgehead atoms. The zero-order valence-electron chi connectivity index (χ0n) is 18.2. The number of hydrogen-bond donors (Lipinski definition) is 1. The summed E-state index contributed by atoms with van der Waals surface area (Å²) in [6.07, 6.45) is 0. The summed E-state index contributed by atoms with van der Waals surface area (Å²) >= 11 is 13.2. The van der Waals surface area contributed by atoms with Gasteiger partial charge in [-0.25, -0.2) is 4.79 Å². The number of amides is 2. The average molecular weight is 512 g/mol. The molecule has 4 rings (SSSR count). The van der Waals surface area contributed by atoms with E-state index < -0.39 is 0 Å². The van der Waals surface area contributed by atoms with Gasteiger partial charge >= 0.3 is 6.03 Å². The SMILES string of the molecule is CN(C(=O)Nc1ccc(-c2nnc(SC(=O)c3c(Cl)cccc3Cl)n2C)cc1)c1ccccc1. The fraction of sp³-hybridized carbons (Fsp3) is 0.0833. The number of anilines is 2. The minimum atomic E-state index is -0.321. The van der Waals surface area contributed by atoms with Gasteiger partial charge in [0.2, 0.25) is 5.12 Å². The lowest BCUT2D eigenvalue weighted by atomic mass is 10.2. The van der Waals surface area contributed by atoms with Crippen LogP contribution >= 0.6 is 35.0 Å². The van der Waals surface area contributed by atoms with Crippen LogP contribution in [-0.4, -0.2) is 33.0 Å². The monoisotopic (exact) mass is 511 g/mol. The molecule has 0 aliphatic heterocycles. The molecular weight excluding hydrogens is 493 g/mol. The Morgan fingerprint density at radius 3 is 2.21 bits per heavy atom. The number of thioether (sulfide) groups is 1. The molecule has 0 saturated heterocycles. The summed E-state index contributed by atoms with van der Waals surface area (Å²) in [4.78, 5) is 26.8. The number of carbonyl (C=O) groups excluding carboxylic acids is 2. The smallest absolute Gasteiger partial charge is 0.308 e. The Morgan fingerprint density at radius 2 is 1.56 bits per heavy atom. The molecule has 0 radical (unpaired) electrons. The highest BCUT2D eigenvalue weighted by atomic mass is 35.5. The summed E-state index contributed by atoms with van der Waals surface area (Å²) in [7, 11) is 3.47. The van der Waals surface area contributed by atoms with Gasteiger partial charge in [-0.15, -0.1) is 10.2 Å². The Labute approximate surface area is 210 Å². The molecule has 3 aromatic carbocycles. The molecule has 7 nitrogen and oxygen atoms in total. The van der Waals surface area contributed by atoms with Crippen molar-refractivity contribution in [2.75, 3.05) is 17.3 Å². The standard InChI is InChI=1S/C24H19Cl2N5O2S/c1-30(17-7-4-3-5-8-17)23(33)27-16-13-11-15(12-14-16)21-28-29-24(31(21)2)34-22(32)20-18(25)9-6-10-19(20)26/h3-14H,1-2H3,(H,27,33). The minimum Gasteiger partial charge on any atom is -0.308 e. The Balaban J connectivity index is 1.46. The van der Waals surface area contributed by atoms with E-state index in [2.05, 4.69) is 15.5 Å². The second kappa shape index (κ2) is 10.3. The zero-order valence-corrected chi connectivity index (χ0v) is 20.5. The topological polar surface area (TPSA) is 80.1 Å². The Morgan fingerprint density at radius 1 is 0.912 bits per heavy atom. The molecule has 1 heterocycles. The molecule has 0 unspecified atom stereocenters. The van der Waals surface area contributed by atoms with Crippen LogP contribution in [0.15, 0.2) is 78.0 Å². The fourth-order valence-electron chi connectivity index (χ4n) is 3.16. The number of rotatable bonds is 5. The number of nitrogens with zero attached hydrogens (tertiary/aromatic N) is 4. The lowest BCUT2D eigenvalue weighted by Crippen LogP contribution is -2.31. The minimum absolute atomic E-state index is 0.237. The van der Waals surface area contributed by atoms with Gasteiger partial charge in [0, 0.05) is 31.0 Å². The quantitative estimate of drug-likeness (QED) is 0.314. The normalized spacial score (nSPS) is 10.7. The molecule has 1 aromatic heterocycles. The van der Waals surface area contributed by atoms with Crippen LogP contribution in [0.5, 0.6) is 0 Å². The molecule has 0 aliphatic carbocycles. The van der Waals surface area contributed by atoms with Crippen molar-refractivity contribution >= 4 is 57.5 Å². The van der Waals surface area contributed by atoms with Gasteiger partial charge in [0.1, 0.15) is 0 Å². The van der Waals surface area contributed by atoms with Crippen LogP contribution in [-0.2, 0) is 7.05 Å². The van der Waals surface area contributed by atoms with Crippen molar-refractivity contribution in [2.45, 2.75) is 5.16 Å². The summed E-state index contributed by atoms with van der Waals surface area (Å²) in [5.41, 5.74) is 2.44. The van der Waals surface area contributed by atoms with E-state index in [0.717, 1.165) is 23.0 Å². The largest absolute Gasteiger partial charge is 0.326 e. The molecule has 10 heteroatoms. The maximum atomic E-state index is 12.7. The van der Waals surface area contributed by atoms with Crippen LogP contribution in [0, 0.1) is 0 Å². The lowest BCUT2D eigenvalue weighted by molar-refractivity contribution is 0.108. The van der Waals surface area contributed by atoms with Crippen molar-refractivity contribution in [3.8, 4) is 11.4 Å². The second-order valence-corrected chi connectivity index (χ2v) is 9.01. The predicted octanol–water partition coefficient (Wildman–Crippen LogP) is 6.39. The van der Waals surface area contributed by atoms with E-state index in [1.165, 1.54) is 4.90 Å². The average Bonchev–Trinajstić information content (AvgIpc) is 3.19. The third-order valence-corrected chi connectivity index (χ3v) is 6.59. The van der Waals surface area contributed by atoms with Crippen LogP contribution in [0.2, 0.25) is 10.0 Å². The molecule has 34 heavy (non-hydrogen) atoms. The van der Waals surface area contributed by atoms with Crippen molar-refractivity contribution in [1.82, 2.24) is 14.8 Å². The van der Waals surface area contributed by atoms with Crippen molar-refractivity contribution in [1.29, 1.82) is 0 Å². The van der Waals surface area contributed by atoms with E-state index in [1.54, 1.807) is 49.0 Å². The summed E-state index contributed by atoms with van der Waals surface area (Å²) < 4.78 is 1.71. The number of carbonyl (C=O) groups is 2. The first-order valence-corrected chi connectivity index (χ1v) is 11.7. The van der Waals surface area contributed by atoms with Gasteiger partial charge in [0.15, 0.2) is 11.0 Å². The second-order valence-electron chi connectivity index (χ2n) is 7.25. The van der Waals surface area contributed by atoms with E-state index >= 15 is 0 Å². The van der Waals surface area contributed by atoms with Crippen LogP contribution < -0.4 is 10.2 Å². The zero-order chi connectivity index (χ0) is 24.2. The molecule has 172 valence electrons. The molecule has 2 amide bonds. The number of benzene rings is 3. The highest BCUT2D eigenvalue weighted by molar-refractivity contribution is 8.14. The molecule has 0 aliphatic rings. The maximum absolute atomic E-state index is 12.7. The highest BCUT2D eigenvalue weighted by Crippen LogP contribution is 2.32. The number of nitrogens with one attached hydrogen (secondary N) is 1. The van der Waals surface area contributed by atoms with E-state index in [1.807, 2.05) is 42.5 Å². The molecule has 0 fully saturated rings. The molecular formula is C24H19Cl2N5O2S. The summed E-state index contributed by atoms with van der Waals surface area (Å²) in [5, 5.41) is 11.9. The molecule has 4 aromatic rings. The first-order chi connectivity index (χ1) is 16.3. The van der Waals surface area contributed by atoms with Crippen LogP contribution in [0.1, 0.15) is 10.4 Å². The van der Waals surface area contributed by atoms with Crippen molar-refractivity contribution in [3.05, 3.63) is 88.4 Å². The van der Waals surface area contributed by atoms with Crippen molar-refractivity contribution in [2.24, 2.45) is 7.05 Å². The summed E-state index contributed by atoms with van der Waals surface area (Å²) in [6.45, 7) is 0. The number of hydrogen-bond acceptors (Lipinski definition) is 5. The van der Waals surface area contributed by atoms with Crippen LogP contribution in [0.25, 0.3) is 11.4 Å². The van der Waals surface area contributed by atoms with Gasteiger partial charge in [0.25, 0.3) is 0 Å². The third-order valence-electron chi connectivity index (χ3n) is 5.03. The van der Waals surface area contributed by atoms with Crippen molar-refractivity contribution in [3.63, 3.8) is 0 Å². The molecule has 0 atom stereocenters. The molecule has 0 spiro atoms. The number of halogens is 2. The number of para-hydroxylation sites is 1. The van der Waals surface area contributed by atoms with E-state index in [9.17, 15) is 9.59 Å². The highest BCUT2D eigenvalue weighted by Gasteiger charge is 2.20. The Hall–Kier alpha value is -3.33. The molecule has 1 N–H and O–H groups in total. The van der Waals surface area contributed by atoms with Gasteiger partial charge in [0.05, 0.1) is 15.6 Å². The van der Waals surface area contributed by atoms with Gasteiger partial charge in [-0.3, -0.25) is 9.69 Å². The lowest BCUT2D eigenvalue weighted by Gasteiger charge is -2.18. The van der Waals surface area contributed by atoms with E-state index in [0.29, 0.717) is 16.7 Å². The first kappa shape index (κ1) is 23.8. The number of urea groups is 1. The van der Waals surface area contributed by atoms with Gasteiger partial charge in [-0.2, -0.15) is 0 Å². The summed E-state index contributed by atoms with van der Waals surface area (Å²) in [6, 6.07) is 21.2. The predicted molar refractivity (Wildman–Crippen MR) is 137 cm³/mol. The Kier molecular flexibility index (Phi) is 7.21. The summed E-state index contributed by atoms with van der Waals surface area (Å²) in [5.74, 6) is 0.569. The number of aromatic nitrogens is 3. The van der Waals surface area contributed by atoms with Gasteiger partial charge < -0.3 is 9.88 Å². The van der Waals surface area contributed by atoms with Crippen molar-refractivity contribution < 1.29 is 9.59 Å². The first-order valence-electron chi connectivity index (χ1n) is 10.1. The third kappa shape index (κ3) is 5.09.